The smallest absolute Gasteiger partial charge is 0.256 e. The Labute approximate surface area is 175 Å². The molecule has 3 N–H and O–H groups in total. The summed E-state index contributed by atoms with van der Waals surface area (Å²) >= 11 is -0.225. The molecule has 11 heteroatoms. The van der Waals surface area contributed by atoms with Gasteiger partial charge in [0, 0.05) is 29.1 Å². The molecule has 0 saturated carbocycles. The maximum Gasteiger partial charge on any atom is 0.256 e. The SMILES string of the molecule is O=C(c1ccc(F)c(F)c1Nc1ccc(I)cc1F)N1CC(CNS(=O)O)C1. The van der Waals surface area contributed by atoms with E-state index in [4.69, 9.17) is 4.55 Å². The number of nitrogens with one attached hydrogen (secondary N) is 2. The number of anilines is 2. The van der Waals surface area contributed by atoms with Crippen molar-refractivity contribution in [3.05, 3.63) is 56.9 Å². The molecule has 2 aromatic carbocycles. The fraction of sp³-hybridized carbons (Fsp3) is 0.235. The molecular weight excluding hydrogens is 510 g/mol. The number of nitrogens with zero attached hydrogens (tertiary/aromatic N) is 1. The molecule has 2 aromatic rings. The van der Waals surface area contributed by atoms with Gasteiger partial charge < -0.3 is 10.2 Å². The molecule has 0 radical (unpaired) electrons. The van der Waals surface area contributed by atoms with Gasteiger partial charge in [0.1, 0.15) is 5.82 Å². The molecule has 1 aliphatic heterocycles. The first-order chi connectivity index (χ1) is 13.3. The van der Waals surface area contributed by atoms with Crippen molar-refractivity contribution in [3.63, 3.8) is 0 Å². The molecule has 1 unspecified atom stereocenters. The number of halogens is 4. The highest BCUT2D eigenvalue weighted by Crippen LogP contribution is 2.30. The van der Waals surface area contributed by atoms with Gasteiger partial charge in [-0.05, 0) is 52.9 Å². The molecular formula is C17H15F3IN3O3S. The van der Waals surface area contributed by atoms with Crippen LogP contribution in [0.4, 0.5) is 24.5 Å². The standard InChI is InChI=1S/C17H15F3IN3O3S/c18-12-3-2-11(17(25)24-7-9(8-24)6-22-28(26)27)16(15(12)20)23-14-4-1-10(21)5-13(14)19/h1-5,9,22-23H,6-8H2,(H,26,27). The number of carbonyl (C=O) groups excluding carboxylic acids is 1. The number of carbonyl (C=O) groups is 1. The summed E-state index contributed by atoms with van der Waals surface area (Å²) < 4.78 is 64.5. The second-order valence-corrected chi connectivity index (χ2v) is 8.24. The average molecular weight is 525 g/mol. The van der Waals surface area contributed by atoms with Crippen LogP contribution >= 0.6 is 22.6 Å². The van der Waals surface area contributed by atoms with Crippen molar-refractivity contribution >= 4 is 51.1 Å². The molecule has 150 valence electrons. The summed E-state index contributed by atoms with van der Waals surface area (Å²) in [5.74, 6) is -3.69. The van der Waals surface area contributed by atoms with E-state index in [1.807, 2.05) is 22.6 Å². The predicted molar refractivity (Wildman–Crippen MR) is 107 cm³/mol. The maximum atomic E-state index is 14.4. The van der Waals surface area contributed by atoms with E-state index in [1.165, 1.54) is 17.0 Å². The summed E-state index contributed by atoms with van der Waals surface area (Å²) in [5, 5.41) is 2.49. The Kier molecular flexibility index (Phi) is 6.58. The zero-order valence-electron chi connectivity index (χ0n) is 14.2. The molecule has 1 atom stereocenters. The second-order valence-electron chi connectivity index (χ2n) is 6.21. The fourth-order valence-electron chi connectivity index (χ4n) is 2.80. The molecule has 6 nitrogen and oxygen atoms in total. The molecule has 0 aromatic heterocycles. The lowest BCUT2D eigenvalue weighted by atomic mass is 9.98. The number of likely N-dealkylation sites (tertiary alicyclic amines) is 1. The molecule has 0 aliphatic carbocycles. The highest BCUT2D eigenvalue weighted by atomic mass is 127. The minimum Gasteiger partial charge on any atom is -0.350 e. The van der Waals surface area contributed by atoms with Gasteiger partial charge in [-0.1, -0.05) is 0 Å². The van der Waals surface area contributed by atoms with Crippen molar-refractivity contribution in [1.82, 2.24) is 9.62 Å². The van der Waals surface area contributed by atoms with Crippen LogP contribution in [-0.2, 0) is 11.3 Å². The predicted octanol–water partition coefficient (Wildman–Crippen LogP) is 3.25. The minimum atomic E-state index is -2.14. The van der Waals surface area contributed by atoms with E-state index in [2.05, 4.69) is 10.0 Å². The fourth-order valence-corrected chi connectivity index (χ4v) is 3.63. The van der Waals surface area contributed by atoms with E-state index in [0.717, 1.165) is 12.1 Å². The molecule has 28 heavy (non-hydrogen) atoms. The summed E-state index contributed by atoms with van der Waals surface area (Å²) in [6, 6.07) is 6.16. The van der Waals surface area contributed by atoms with Gasteiger partial charge in [-0.3, -0.25) is 9.35 Å². The largest absolute Gasteiger partial charge is 0.350 e. The van der Waals surface area contributed by atoms with Crippen LogP contribution in [0, 0.1) is 26.9 Å². The Morgan fingerprint density at radius 1 is 1.21 bits per heavy atom. The normalized spacial score (nSPS) is 15.2. The van der Waals surface area contributed by atoms with Crippen molar-refractivity contribution < 1.29 is 26.7 Å². The molecule has 0 spiro atoms. The molecule has 1 saturated heterocycles. The Bertz CT molecular complexity index is 941. The Morgan fingerprint density at radius 3 is 2.57 bits per heavy atom. The number of hydrogen-bond donors (Lipinski definition) is 3. The third-order valence-electron chi connectivity index (χ3n) is 4.26. The van der Waals surface area contributed by atoms with E-state index in [-0.39, 0.29) is 23.7 Å². The van der Waals surface area contributed by atoms with Gasteiger partial charge >= 0.3 is 0 Å². The second kappa shape index (κ2) is 8.76. The maximum absolute atomic E-state index is 14.4. The van der Waals surface area contributed by atoms with Crippen LogP contribution in [0.1, 0.15) is 10.4 Å². The van der Waals surface area contributed by atoms with Crippen molar-refractivity contribution in [2.45, 2.75) is 0 Å². The summed E-state index contributed by atoms with van der Waals surface area (Å²) in [5.41, 5.74) is -0.660. The molecule has 1 heterocycles. The highest BCUT2D eigenvalue weighted by Gasteiger charge is 2.33. The highest BCUT2D eigenvalue weighted by molar-refractivity contribution is 14.1. The van der Waals surface area contributed by atoms with Gasteiger partial charge in [0.25, 0.3) is 5.91 Å². The average Bonchev–Trinajstić information content (AvgIpc) is 2.59. The Morgan fingerprint density at radius 2 is 1.93 bits per heavy atom. The first-order valence-electron chi connectivity index (χ1n) is 8.10. The van der Waals surface area contributed by atoms with Crippen molar-refractivity contribution in [3.8, 4) is 0 Å². The summed E-state index contributed by atoms with van der Waals surface area (Å²) in [6.45, 7) is 0.822. The number of rotatable bonds is 6. The monoisotopic (exact) mass is 525 g/mol. The lowest BCUT2D eigenvalue weighted by molar-refractivity contribution is 0.0510. The quantitative estimate of drug-likeness (QED) is 0.400. The molecule has 1 fully saturated rings. The first-order valence-corrected chi connectivity index (χ1v) is 10.3. The Hall–Kier alpha value is -1.70. The van der Waals surface area contributed by atoms with Gasteiger partial charge in [0.05, 0.1) is 16.9 Å². The lowest BCUT2D eigenvalue weighted by Crippen LogP contribution is -2.53. The molecule has 0 bridgehead atoms. The van der Waals surface area contributed by atoms with Gasteiger partial charge in [-0.25, -0.2) is 22.1 Å². The third-order valence-corrected chi connectivity index (χ3v) is 5.34. The van der Waals surface area contributed by atoms with Crippen LogP contribution in [0.2, 0.25) is 0 Å². The van der Waals surface area contributed by atoms with Crippen LogP contribution < -0.4 is 10.0 Å². The first kappa shape index (κ1) is 21.0. The third kappa shape index (κ3) is 4.64. The zero-order chi connectivity index (χ0) is 20.4. The van der Waals surface area contributed by atoms with Gasteiger partial charge in [-0.15, -0.1) is 0 Å². The summed E-state index contributed by atoms with van der Waals surface area (Å²) in [4.78, 5) is 14.1. The van der Waals surface area contributed by atoms with Gasteiger partial charge in [0.15, 0.2) is 11.6 Å². The van der Waals surface area contributed by atoms with Gasteiger partial charge in [-0.2, -0.15) is 0 Å². The molecule has 1 aliphatic rings. The van der Waals surface area contributed by atoms with Crippen LogP contribution in [0.15, 0.2) is 30.3 Å². The van der Waals surface area contributed by atoms with Crippen LogP contribution in [0.25, 0.3) is 0 Å². The number of benzene rings is 2. The van der Waals surface area contributed by atoms with Crippen LogP contribution in [0.5, 0.6) is 0 Å². The summed E-state index contributed by atoms with van der Waals surface area (Å²) in [7, 11) is 0. The van der Waals surface area contributed by atoms with Gasteiger partial charge in [0.2, 0.25) is 11.3 Å². The van der Waals surface area contributed by atoms with E-state index in [9.17, 15) is 22.2 Å². The minimum absolute atomic E-state index is 0.0320. The number of hydrogen-bond acceptors (Lipinski definition) is 3. The van der Waals surface area contributed by atoms with E-state index in [1.54, 1.807) is 6.07 Å². The van der Waals surface area contributed by atoms with Crippen LogP contribution in [-0.4, -0.2) is 39.2 Å². The van der Waals surface area contributed by atoms with E-state index in [0.29, 0.717) is 16.7 Å². The lowest BCUT2D eigenvalue weighted by Gasteiger charge is -2.39. The summed E-state index contributed by atoms with van der Waals surface area (Å²) in [6.07, 6.45) is 0. The van der Waals surface area contributed by atoms with Crippen molar-refractivity contribution in [1.29, 1.82) is 0 Å². The van der Waals surface area contributed by atoms with Crippen LogP contribution in [0.3, 0.4) is 0 Å². The topological polar surface area (TPSA) is 81.7 Å². The van der Waals surface area contributed by atoms with E-state index >= 15 is 0 Å². The molecule has 1 amide bonds. The van der Waals surface area contributed by atoms with E-state index < -0.39 is 40.3 Å². The zero-order valence-corrected chi connectivity index (χ0v) is 17.2. The Balaban J connectivity index is 1.81. The van der Waals surface area contributed by atoms with Crippen molar-refractivity contribution in [2.24, 2.45) is 5.92 Å². The van der Waals surface area contributed by atoms with Crippen molar-refractivity contribution in [2.75, 3.05) is 25.0 Å². The molecule has 3 rings (SSSR count). The number of amides is 1.